The molecule has 0 bridgehead atoms. The zero-order chi connectivity index (χ0) is 17.1. The summed E-state index contributed by atoms with van der Waals surface area (Å²) < 4.78 is 4.34. The van der Waals surface area contributed by atoms with Crippen molar-refractivity contribution in [1.29, 1.82) is 0 Å². The Morgan fingerprint density at radius 1 is 1.24 bits per heavy atom. The number of benzene rings is 1. The lowest BCUT2D eigenvalue weighted by Crippen LogP contribution is -2.29. The van der Waals surface area contributed by atoms with Crippen molar-refractivity contribution >= 4 is 33.0 Å². The first-order valence-electron chi connectivity index (χ1n) is 8.30. The minimum absolute atomic E-state index is 0.0173. The second-order valence-corrected chi connectivity index (χ2v) is 7.48. The Morgan fingerprint density at radius 2 is 2.08 bits per heavy atom. The fourth-order valence-electron chi connectivity index (χ4n) is 3.78. The first-order chi connectivity index (χ1) is 12.1. The maximum Gasteiger partial charge on any atom is 0.272 e. The lowest BCUT2D eigenvalue weighted by atomic mass is 10.1. The molecular weight excluding hydrogens is 334 g/mol. The summed E-state index contributed by atoms with van der Waals surface area (Å²) in [5, 5.41) is 10.6. The number of para-hydroxylation sites is 1. The van der Waals surface area contributed by atoms with Crippen LogP contribution in [0.1, 0.15) is 18.3 Å². The van der Waals surface area contributed by atoms with Crippen LogP contribution >= 0.6 is 11.3 Å². The van der Waals surface area contributed by atoms with Gasteiger partial charge in [0.2, 0.25) is 5.78 Å². The van der Waals surface area contributed by atoms with Crippen LogP contribution in [0.4, 0.5) is 5.69 Å². The molecule has 1 aliphatic rings. The van der Waals surface area contributed by atoms with E-state index in [1.165, 1.54) is 22.6 Å². The number of hydrogen-bond donors (Lipinski definition) is 0. The summed E-state index contributed by atoms with van der Waals surface area (Å²) >= 11 is 1.46. The summed E-state index contributed by atoms with van der Waals surface area (Å²) in [7, 11) is 1.75. The third-order valence-corrected chi connectivity index (χ3v) is 5.95. The number of hydrogen-bond acceptors (Lipinski definition) is 5. The third kappa shape index (κ3) is 1.99. The van der Waals surface area contributed by atoms with Crippen molar-refractivity contribution in [1.82, 2.24) is 19.2 Å². The predicted molar refractivity (Wildman–Crippen MR) is 99.4 cm³/mol. The summed E-state index contributed by atoms with van der Waals surface area (Å²) in [5.41, 5.74) is 3.51. The molecule has 1 atom stereocenters. The molecule has 4 heterocycles. The summed E-state index contributed by atoms with van der Waals surface area (Å²) in [6.45, 7) is 2.90. The Morgan fingerprint density at radius 3 is 2.96 bits per heavy atom. The maximum atomic E-state index is 12.5. The van der Waals surface area contributed by atoms with Gasteiger partial charge in [-0.1, -0.05) is 18.2 Å². The molecule has 0 N–H and O–H groups in total. The van der Waals surface area contributed by atoms with Gasteiger partial charge in [0.1, 0.15) is 4.70 Å². The van der Waals surface area contributed by atoms with Gasteiger partial charge in [0.15, 0.2) is 5.82 Å². The summed E-state index contributed by atoms with van der Waals surface area (Å²) in [6, 6.07) is 10.9. The van der Waals surface area contributed by atoms with E-state index in [4.69, 9.17) is 0 Å². The molecule has 1 aromatic carbocycles. The van der Waals surface area contributed by atoms with Crippen LogP contribution in [-0.4, -0.2) is 25.2 Å². The Labute approximate surface area is 148 Å². The number of nitrogens with zero attached hydrogens (tertiary/aromatic N) is 5. The first-order valence-corrected chi connectivity index (χ1v) is 9.18. The van der Waals surface area contributed by atoms with E-state index in [0.29, 0.717) is 18.4 Å². The summed E-state index contributed by atoms with van der Waals surface area (Å²) in [5.74, 6) is 1.45. The Balaban J connectivity index is 1.69. The molecule has 0 fully saturated rings. The average Bonchev–Trinajstić information content (AvgIpc) is 3.31. The summed E-state index contributed by atoms with van der Waals surface area (Å²) in [4.78, 5) is 14.8. The van der Waals surface area contributed by atoms with Gasteiger partial charge in [0.05, 0.1) is 12.1 Å². The smallest absolute Gasteiger partial charge is 0.272 e. The van der Waals surface area contributed by atoms with Crippen LogP contribution in [0, 0.1) is 0 Å². The lowest BCUT2D eigenvalue weighted by Gasteiger charge is -2.24. The Kier molecular flexibility index (Phi) is 3.03. The monoisotopic (exact) mass is 351 g/mol. The highest BCUT2D eigenvalue weighted by Crippen LogP contribution is 2.33. The molecule has 7 heteroatoms. The zero-order valence-electron chi connectivity index (χ0n) is 14.0. The fraction of sp³-hybridized carbons (Fsp3) is 0.278. The molecule has 0 saturated carbocycles. The van der Waals surface area contributed by atoms with Crippen molar-refractivity contribution in [3.8, 4) is 0 Å². The van der Waals surface area contributed by atoms with Crippen LogP contribution < -0.4 is 10.5 Å². The van der Waals surface area contributed by atoms with Crippen LogP contribution in [0.5, 0.6) is 0 Å². The number of thiophene rings is 1. The van der Waals surface area contributed by atoms with Crippen molar-refractivity contribution < 1.29 is 0 Å². The van der Waals surface area contributed by atoms with Crippen molar-refractivity contribution in [3.05, 3.63) is 57.5 Å². The van der Waals surface area contributed by atoms with E-state index in [-0.39, 0.29) is 5.56 Å². The van der Waals surface area contributed by atoms with E-state index < -0.39 is 0 Å². The molecule has 0 aliphatic carbocycles. The molecule has 25 heavy (non-hydrogen) atoms. The van der Waals surface area contributed by atoms with Gasteiger partial charge in [-0.3, -0.25) is 13.8 Å². The Hall–Kier alpha value is -2.67. The molecule has 0 radical (unpaired) electrons. The molecule has 6 nitrogen and oxygen atoms in total. The van der Waals surface area contributed by atoms with E-state index in [9.17, 15) is 4.79 Å². The molecule has 0 saturated heterocycles. The molecular formula is C18H17N5OS. The van der Waals surface area contributed by atoms with Crippen LogP contribution in [0.3, 0.4) is 0 Å². The quantitative estimate of drug-likeness (QED) is 0.557. The normalized spacial score (nSPS) is 16.9. The molecule has 4 aromatic rings. The average molecular weight is 351 g/mol. The van der Waals surface area contributed by atoms with Gasteiger partial charge in [-0.2, -0.15) is 0 Å². The van der Waals surface area contributed by atoms with Crippen LogP contribution in [-0.2, 0) is 20.0 Å². The highest BCUT2D eigenvalue weighted by molar-refractivity contribution is 7.17. The fourth-order valence-corrected chi connectivity index (χ4v) is 4.63. The summed E-state index contributed by atoms with van der Waals surface area (Å²) in [6.07, 6.45) is 1.04. The van der Waals surface area contributed by atoms with E-state index in [2.05, 4.69) is 46.3 Å². The van der Waals surface area contributed by atoms with E-state index in [0.717, 1.165) is 22.5 Å². The maximum absolute atomic E-state index is 12.5. The second kappa shape index (κ2) is 5.16. The minimum Gasteiger partial charge on any atom is -0.361 e. The molecule has 0 spiro atoms. The van der Waals surface area contributed by atoms with E-state index in [1.807, 2.05) is 15.8 Å². The van der Waals surface area contributed by atoms with E-state index in [1.54, 1.807) is 11.6 Å². The van der Waals surface area contributed by atoms with Gasteiger partial charge in [-0.25, -0.2) is 0 Å². The predicted octanol–water partition coefficient (Wildman–Crippen LogP) is 2.59. The van der Waals surface area contributed by atoms with Gasteiger partial charge in [-0.05, 0) is 36.4 Å². The second-order valence-electron chi connectivity index (χ2n) is 6.56. The highest BCUT2D eigenvalue weighted by Gasteiger charge is 2.27. The molecule has 126 valence electrons. The van der Waals surface area contributed by atoms with Gasteiger partial charge in [0.25, 0.3) is 5.56 Å². The van der Waals surface area contributed by atoms with Crippen LogP contribution in [0.25, 0.3) is 16.0 Å². The largest absolute Gasteiger partial charge is 0.361 e. The molecule has 0 amide bonds. The SMILES string of the molecule is CC1Cc2ccccc2N1Cc1nnc2n(C)c(=O)c3sccc3n12. The topological polar surface area (TPSA) is 55.4 Å². The van der Waals surface area contributed by atoms with Gasteiger partial charge < -0.3 is 4.90 Å². The van der Waals surface area contributed by atoms with Crippen molar-refractivity contribution in [3.63, 3.8) is 0 Å². The van der Waals surface area contributed by atoms with Crippen LogP contribution in [0.15, 0.2) is 40.5 Å². The zero-order valence-corrected chi connectivity index (χ0v) is 14.8. The van der Waals surface area contributed by atoms with Gasteiger partial charge >= 0.3 is 0 Å². The van der Waals surface area contributed by atoms with Gasteiger partial charge in [0, 0.05) is 18.8 Å². The molecule has 3 aromatic heterocycles. The van der Waals surface area contributed by atoms with Crippen molar-refractivity contribution in [2.24, 2.45) is 7.05 Å². The number of aromatic nitrogens is 4. The van der Waals surface area contributed by atoms with Gasteiger partial charge in [-0.15, -0.1) is 21.5 Å². The van der Waals surface area contributed by atoms with Crippen molar-refractivity contribution in [2.75, 3.05) is 4.90 Å². The lowest BCUT2D eigenvalue weighted by molar-refractivity contribution is 0.652. The molecule has 1 unspecified atom stereocenters. The first kappa shape index (κ1) is 14.7. The standard InChI is InChI=1S/C18H17N5OS/c1-11-9-12-5-3-4-6-13(12)22(11)10-15-19-20-18-21(2)17(24)16-14(23(15)18)7-8-25-16/h3-8,11H,9-10H2,1-2H3. The van der Waals surface area contributed by atoms with E-state index >= 15 is 0 Å². The number of anilines is 1. The number of rotatable bonds is 2. The molecule has 1 aliphatic heterocycles. The number of aryl methyl sites for hydroxylation is 1. The Bertz CT molecular complexity index is 1170. The highest BCUT2D eigenvalue weighted by atomic mass is 32.1. The van der Waals surface area contributed by atoms with Crippen LogP contribution in [0.2, 0.25) is 0 Å². The molecule has 5 rings (SSSR count). The minimum atomic E-state index is -0.0173. The third-order valence-electron chi connectivity index (χ3n) is 5.06. The number of fused-ring (bicyclic) bond motifs is 4. The van der Waals surface area contributed by atoms with Crippen molar-refractivity contribution in [2.45, 2.75) is 25.9 Å².